The summed E-state index contributed by atoms with van der Waals surface area (Å²) in [6.07, 6.45) is 5.16. The van der Waals surface area contributed by atoms with Crippen molar-refractivity contribution in [1.82, 2.24) is 0 Å². The highest BCUT2D eigenvalue weighted by Crippen LogP contribution is 2.31. The number of hydrogen-bond donors (Lipinski definition) is 1. The van der Waals surface area contributed by atoms with Crippen LogP contribution in [0.15, 0.2) is 22.7 Å². The number of rotatable bonds is 2. The van der Waals surface area contributed by atoms with Gasteiger partial charge in [0.15, 0.2) is 0 Å². The maximum absolute atomic E-state index is 5.96. The summed E-state index contributed by atoms with van der Waals surface area (Å²) in [5, 5.41) is 0. The Morgan fingerprint density at radius 3 is 2.62 bits per heavy atom. The largest absolute Gasteiger partial charge is 0.488 e. The van der Waals surface area contributed by atoms with Gasteiger partial charge in [0.25, 0.3) is 0 Å². The van der Waals surface area contributed by atoms with E-state index in [4.69, 9.17) is 10.5 Å². The molecule has 0 atom stereocenters. The van der Waals surface area contributed by atoms with Gasteiger partial charge in [-0.15, -0.1) is 0 Å². The SMILES string of the molecule is CC1CCC(Oc2cc(Br)ccc2N)CC1. The smallest absolute Gasteiger partial charge is 0.143 e. The van der Waals surface area contributed by atoms with Crippen LogP contribution >= 0.6 is 15.9 Å². The third kappa shape index (κ3) is 2.91. The van der Waals surface area contributed by atoms with Crippen LogP contribution in [-0.4, -0.2) is 6.10 Å². The molecule has 0 radical (unpaired) electrons. The molecule has 0 unspecified atom stereocenters. The summed E-state index contributed by atoms with van der Waals surface area (Å²) >= 11 is 3.44. The van der Waals surface area contributed by atoms with Crippen molar-refractivity contribution in [2.75, 3.05) is 5.73 Å². The molecule has 16 heavy (non-hydrogen) atoms. The topological polar surface area (TPSA) is 35.2 Å². The first-order valence-electron chi connectivity index (χ1n) is 5.87. The summed E-state index contributed by atoms with van der Waals surface area (Å²) in [5.74, 6) is 1.66. The van der Waals surface area contributed by atoms with Gasteiger partial charge < -0.3 is 10.5 Å². The van der Waals surface area contributed by atoms with Crippen LogP contribution in [-0.2, 0) is 0 Å². The lowest BCUT2D eigenvalue weighted by Gasteiger charge is -2.27. The Balaban J connectivity index is 2.00. The number of benzene rings is 1. The average molecular weight is 284 g/mol. The second-order valence-electron chi connectivity index (χ2n) is 4.68. The first kappa shape index (κ1) is 11.8. The van der Waals surface area contributed by atoms with Gasteiger partial charge in [0.05, 0.1) is 11.8 Å². The predicted molar refractivity (Wildman–Crippen MR) is 70.6 cm³/mol. The summed E-state index contributed by atoms with van der Waals surface area (Å²) in [7, 11) is 0. The quantitative estimate of drug-likeness (QED) is 0.833. The molecule has 2 nitrogen and oxygen atoms in total. The fraction of sp³-hybridized carbons (Fsp3) is 0.538. The lowest BCUT2D eigenvalue weighted by molar-refractivity contribution is 0.136. The van der Waals surface area contributed by atoms with Gasteiger partial charge in [-0.25, -0.2) is 0 Å². The minimum atomic E-state index is 0.341. The Kier molecular flexibility index (Phi) is 3.74. The van der Waals surface area contributed by atoms with Gasteiger partial charge >= 0.3 is 0 Å². The van der Waals surface area contributed by atoms with Crippen LogP contribution in [0, 0.1) is 5.92 Å². The van der Waals surface area contributed by atoms with Crippen molar-refractivity contribution in [3.05, 3.63) is 22.7 Å². The summed E-state index contributed by atoms with van der Waals surface area (Å²) in [5.41, 5.74) is 6.61. The summed E-state index contributed by atoms with van der Waals surface area (Å²) in [4.78, 5) is 0. The Morgan fingerprint density at radius 1 is 1.25 bits per heavy atom. The standard InChI is InChI=1S/C13H18BrNO/c1-9-2-5-11(6-3-9)16-13-8-10(14)4-7-12(13)15/h4,7-9,11H,2-3,5-6,15H2,1H3. The fourth-order valence-electron chi connectivity index (χ4n) is 2.14. The normalized spacial score (nSPS) is 25.4. The van der Waals surface area contributed by atoms with Crippen molar-refractivity contribution >= 4 is 21.6 Å². The maximum atomic E-state index is 5.96. The number of hydrogen-bond acceptors (Lipinski definition) is 2. The van der Waals surface area contributed by atoms with E-state index < -0.39 is 0 Å². The minimum Gasteiger partial charge on any atom is -0.488 e. The molecule has 2 N–H and O–H groups in total. The molecule has 1 aliphatic rings. The van der Waals surface area contributed by atoms with E-state index in [9.17, 15) is 0 Å². The Hall–Kier alpha value is -0.700. The van der Waals surface area contributed by atoms with Crippen molar-refractivity contribution < 1.29 is 4.74 Å². The van der Waals surface area contributed by atoms with Crippen LogP contribution in [0.25, 0.3) is 0 Å². The van der Waals surface area contributed by atoms with Gasteiger partial charge in [-0.1, -0.05) is 22.9 Å². The highest BCUT2D eigenvalue weighted by molar-refractivity contribution is 9.10. The number of anilines is 1. The lowest BCUT2D eigenvalue weighted by Crippen LogP contribution is -2.23. The van der Waals surface area contributed by atoms with Gasteiger partial charge in [0.2, 0.25) is 0 Å². The van der Waals surface area contributed by atoms with E-state index in [0.717, 1.165) is 34.7 Å². The summed E-state index contributed by atoms with van der Waals surface area (Å²) in [6, 6.07) is 5.77. The van der Waals surface area contributed by atoms with E-state index >= 15 is 0 Å². The van der Waals surface area contributed by atoms with Crippen LogP contribution in [0.2, 0.25) is 0 Å². The van der Waals surface area contributed by atoms with Crippen molar-refractivity contribution in [1.29, 1.82) is 0 Å². The van der Waals surface area contributed by atoms with Crippen molar-refractivity contribution in [3.63, 3.8) is 0 Å². The molecule has 0 heterocycles. The second kappa shape index (κ2) is 5.09. The fourth-order valence-corrected chi connectivity index (χ4v) is 2.48. The number of nitrogens with two attached hydrogens (primary N) is 1. The molecule has 2 rings (SSSR count). The molecular formula is C13H18BrNO. The monoisotopic (exact) mass is 283 g/mol. The lowest BCUT2D eigenvalue weighted by atomic mass is 9.89. The van der Waals surface area contributed by atoms with Gasteiger partial charge in [0, 0.05) is 4.47 Å². The van der Waals surface area contributed by atoms with E-state index in [2.05, 4.69) is 22.9 Å². The van der Waals surface area contributed by atoms with Crippen LogP contribution in [0.3, 0.4) is 0 Å². The molecule has 1 fully saturated rings. The third-order valence-electron chi connectivity index (χ3n) is 3.23. The maximum Gasteiger partial charge on any atom is 0.143 e. The van der Waals surface area contributed by atoms with Crippen LogP contribution < -0.4 is 10.5 Å². The molecule has 1 saturated carbocycles. The van der Waals surface area contributed by atoms with Crippen molar-refractivity contribution in [2.45, 2.75) is 38.7 Å². The Labute approximate surface area is 105 Å². The first-order valence-corrected chi connectivity index (χ1v) is 6.66. The molecule has 88 valence electrons. The zero-order chi connectivity index (χ0) is 11.5. The molecule has 1 aromatic rings. The highest BCUT2D eigenvalue weighted by Gasteiger charge is 2.20. The first-order chi connectivity index (χ1) is 7.65. The molecule has 1 aromatic carbocycles. The molecule has 1 aliphatic carbocycles. The zero-order valence-corrected chi connectivity index (χ0v) is 11.2. The molecule has 3 heteroatoms. The van der Waals surface area contributed by atoms with Gasteiger partial charge in [-0.3, -0.25) is 0 Å². The summed E-state index contributed by atoms with van der Waals surface area (Å²) in [6.45, 7) is 2.31. The highest BCUT2D eigenvalue weighted by atomic mass is 79.9. The van der Waals surface area contributed by atoms with Crippen LogP contribution in [0.1, 0.15) is 32.6 Å². The van der Waals surface area contributed by atoms with E-state index in [0.29, 0.717) is 6.10 Å². The van der Waals surface area contributed by atoms with E-state index in [1.165, 1.54) is 12.8 Å². The second-order valence-corrected chi connectivity index (χ2v) is 5.60. The van der Waals surface area contributed by atoms with E-state index in [-0.39, 0.29) is 0 Å². The number of nitrogen functional groups attached to an aromatic ring is 1. The van der Waals surface area contributed by atoms with E-state index in [1.54, 1.807) is 0 Å². The minimum absolute atomic E-state index is 0.341. The Morgan fingerprint density at radius 2 is 1.94 bits per heavy atom. The zero-order valence-electron chi connectivity index (χ0n) is 9.58. The van der Waals surface area contributed by atoms with Crippen LogP contribution in [0.5, 0.6) is 5.75 Å². The number of ether oxygens (including phenoxy) is 1. The van der Waals surface area contributed by atoms with Crippen LogP contribution in [0.4, 0.5) is 5.69 Å². The Bertz CT molecular complexity index is 359. The number of halogens is 1. The van der Waals surface area contributed by atoms with Crippen molar-refractivity contribution in [3.8, 4) is 5.75 Å². The molecule has 0 aliphatic heterocycles. The molecular weight excluding hydrogens is 266 g/mol. The van der Waals surface area contributed by atoms with E-state index in [1.807, 2.05) is 18.2 Å². The molecule has 0 saturated heterocycles. The van der Waals surface area contributed by atoms with Gasteiger partial charge in [0.1, 0.15) is 5.75 Å². The molecule has 0 aromatic heterocycles. The average Bonchev–Trinajstić information content (AvgIpc) is 2.27. The predicted octanol–water partition coefficient (Wildman–Crippen LogP) is 3.99. The van der Waals surface area contributed by atoms with Crippen molar-refractivity contribution in [2.24, 2.45) is 5.92 Å². The third-order valence-corrected chi connectivity index (χ3v) is 3.73. The molecule has 0 amide bonds. The van der Waals surface area contributed by atoms with Gasteiger partial charge in [-0.05, 0) is 49.8 Å². The van der Waals surface area contributed by atoms with Gasteiger partial charge in [-0.2, -0.15) is 0 Å². The molecule has 0 bridgehead atoms. The molecule has 0 spiro atoms. The summed E-state index contributed by atoms with van der Waals surface area (Å²) < 4.78 is 6.97.